The highest BCUT2D eigenvalue weighted by atomic mass is 35.5. The molecule has 0 aliphatic carbocycles. The number of nitrogens with zero attached hydrogens (tertiary/aromatic N) is 3. The monoisotopic (exact) mass is 303 g/mol. The minimum absolute atomic E-state index is 0.177. The summed E-state index contributed by atoms with van der Waals surface area (Å²) in [5.41, 5.74) is -0.935. The molecule has 1 aromatic heterocycles. The summed E-state index contributed by atoms with van der Waals surface area (Å²) in [6.07, 6.45) is 0. The van der Waals surface area contributed by atoms with E-state index >= 15 is 0 Å². The van der Waals surface area contributed by atoms with Gasteiger partial charge in [-0.25, -0.2) is 9.36 Å². The van der Waals surface area contributed by atoms with Gasteiger partial charge in [0, 0.05) is 24.7 Å². The second kappa shape index (κ2) is 5.04. The van der Waals surface area contributed by atoms with Crippen LogP contribution in [0.4, 0.5) is 14.5 Å². The Kier molecular flexibility index (Phi) is 3.58. The Morgan fingerprint density at radius 3 is 2.30 bits per heavy atom. The highest BCUT2D eigenvalue weighted by molar-refractivity contribution is 6.33. The summed E-state index contributed by atoms with van der Waals surface area (Å²) in [6, 6.07) is 4.83. The van der Waals surface area contributed by atoms with E-state index in [9.17, 15) is 23.7 Å². The van der Waals surface area contributed by atoms with Gasteiger partial charge in [0.2, 0.25) is 0 Å². The molecule has 6 nitrogen and oxygen atoms in total. The van der Waals surface area contributed by atoms with Gasteiger partial charge < -0.3 is 0 Å². The van der Waals surface area contributed by atoms with E-state index in [2.05, 4.69) is 0 Å². The SMILES string of the molecule is Cn1c(=O)c(Cl)c(-c2ccc([N+](=O)[O-])cc2)n1C(F)F. The number of aromatic nitrogens is 2. The van der Waals surface area contributed by atoms with Crippen molar-refractivity contribution in [3.8, 4) is 11.3 Å². The van der Waals surface area contributed by atoms with Crippen LogP contribution in [0.5, 0.6) is 0 Å². The molecule has 0 unspecified atom stereocenters. The second-order valence-corrected chi connectivity index (χ2v) is 4.30. The Labute approximate surface area is 115 Å². The molecule has 0 N–H and O–H groups in total. The van der Waals surface area contributed by atoms with E-state index in [0.29, 0.717) is 9.36 Å². The number of benzene rings is 1. The molecule has 1 heterocycles. The van der Waals surface area contributed by atoms with E-state index in [0.717, 1.165) is 19.2 Å². The number of alkyl halides is 2. The molecule has 106 valence electrons. The summed E-state index contributed by atoms with van der Waals surface area (Å²) in [5, 5.41) is 10.2. The third kappa shape index (κ3) is 2.18. The average molecular weight is 304 g/mol. The number of halogens is 3. The van der Waals surface area contributed by atoms with Gasteiger partial charge in [0.05, 0.1) is 10.6 Å². The van der Waals surface area contributed by atoms with Crippen LogP contribution in [-0.2, 0) is 7.05 Å². The normalized spacial score (nSPS) is 11.1. The van der Waals surface area contributed by atoms with Crippen LogP contribution in [0.15, 0.2) is 29.1 Å². The first kappa shape index (κ1) is 14.2. The van der Waals surface area contributed by atoms with E-state index in [-0.39, 0.29) is 22.0 Å². The van der Waals surface area contributed by atoms with Gasteiger partial charge in [0.1, 0.15) is 5.02 Å². The minimum atomic E-state index is -2.97. The lowest BCUT2D eigenvalue weighted by Gasteiger charge is -2.10. The van der Waals surface area contributed by atoms with Crippen LogP contribution in [0.3, 0.4) is 0 Å². The lowest BCUT2D eigenvalue weighted by molar-refractivity contribution is -0.384. The number of nitro benzene ring substituents is 1. The van der Waals surface area contributed by atoms with Gasteiger partial charge in [-0.05, 0) is 12.1 Å². The van der Waals surface area contributed by atoms with Crippen LogP contribution in [-0.4, -0.2) is 14.3 Å². The number of hydrogen-bond donors (Lipinski definition) is 0. The van der Waals surface area contributed by atoms with E-state index in [1.54, 1.807) is 0 Å². The molecule has 0 fully saturated rings. The van der Waals surface area contributed by atoms with Crippen molar-refractivity contribution in [2.24, 2.45) is 7.05 Å². The van der Waals surface area contributed by atoms with Gasteiger partial charge in [-0.15, -0.1) is 0 Å². The zero-order chi connectivity index (χ0) is 15.0. The Balaban J connectivity index is 2.66. The molecule has 0 saturated carbocycles. The Morgan fingerprint density at radius 1 is 1.30 bits per heavy atom. The summed E-state index contributed by atoms with van der Waals surface area (Å²) in [4.78, 5) is 21.6. The number of non-ortho nitro benzene ring substituents is 1. The third-order valence-corrected chi connectivity index (χ3v) is 3.12. The number of hydrogen-bond acceptors (Lipinski definition) is 3. The molecule has 0 radical (unpaired) electrons. The van der Waals surface area contributed by atoms with Crippen molar-refractivity contribution < 1.29 is 13.7 Å². The van der Waals surface area contributed by atoms with Gasteiger partial charge in [-0.3, -0.25) is 14.9 Å². The van der Waals surface area contributed by atoms with Crippen LogP contribution in [0, 0.1) is 10.1 Å². The van der Waals surface area contributed by atoms with Crippen molar-refractivity contribution in [1.82, 2.24) is 9.36 Å². The summed E-state index contributed by atoms with van der Waals surface area (Å²) in [6.45, 7) is -2.97. The topological polar surface area (TPSA) is 70.1 Å². The molecule has 2 rings (SSSR count). The van der Waals surface area contributed by atoms with Crippen molar-refractivity contribution in [3.63, 3.8) is 0 Å². The van der Waals surface area contributed by atoms with Crippen molar-refractivity contribution in [3.05, 3.63) is 49.8 Å². The molecule has 0 spiro atoms. The van der Waals surface area contributed by atoms with Crippen LogP contribution in [0.1, 0.15) is 6.55 Å². The molecule has 0 bridgehead atoms. The highest BCUT2D eigenvalue weighted by Crippen LogP contribution is 2.30. The standard InChI is InChI=1S/C11H8ClF2N3O3/c1-15-10(18)8(12)9(16(15)11(13)14)6-2-4-7(5-3-6)17(19)20/h2-5,11H,1H3. The van der Waals surface area contributed by atoms with E-state index in [1.807, 2.05) is 0 Å². The predicted molar refractivity (Wildman–Crippen MR) is 68.0 cm³/mol. The first-order valence-electron chi connectivity index (χ1n) is 5.34. The first-order chi connectivity index (χ1) is 9.34. The third-order valence-electron chi connectivity index (χ3n) is 2.78. The molecule has 0 aliphatic rings. The summed E-state index contributed by atoms with van der Waals surface area (Å²) in [5.74, 6) is 0. The fourth-order valence-electron chi connectivity index (χ4n) is 1.82. The molecular formula is C11H8ClF2N3O3. The van der Waals surface area contributed by atoms with E-state index in [4.69, 9.17) is 11.6 Å². The van der Waals surface area contributed by atoms with E-state index < -0.39 is 17.0 Å². The lowest BCUT2D eigenvalue weighted by atomic mass is 10.1. The molecule has 0 aliphatic heterocycles. The average Bonchev–Trinajstić information content (AvgIpc) is 2.63. The van der Waals surface area contributed by atoms with Crippen LogP contribution in [0.2, 0.25) is 5.02 Å². The van der Waals surface area contributed by atoms with Crippen molar-refractivity contribution in [2.45, 2.75) is 6.55 Å². The molecule has 9 heteroatoms. The van der Waals surface area contributed by atoms with Gasteiger partial charge in [-0.2, -0.15) is 8.78 Å². The molecule has 1 aromatic carbocycles. The van der Waals surface area contributed by atoms with Crippen molar-refractivity contribution >= 4 is 17.3 Å². The molecule has 0 atom stereocenters. The van der Waals surface area contributed by atoms with Crippen molar-refractivity contribution in [1.29, 1.82) is 0 Å². The van der Waals surface area contributed by atoms with Crippen LogP contribution < -0.4 is 5.56 Å². The van der Waals surface area contributed by atoms with E-state index in [1.165, 1.54) is 12.1 Å². The Hall–Kier alpha value is -2.22. The molecule has 20 heavy (non-hydrogen) atoms. The highest BCUT2D eigenvalue weighted by Gasteiger charge is 2.23. The van der Waals surface area contributed by atoms with Crippen LogP contribution >= 0.6 is 11.6 Å². The summed E-state index contributed by atoms with van der Waals surface area (Å²) < 4.78 is 27.2. The second-order valence-electron chi connectivity index (χ2n) is 3.92. The molecule has 0 saturated heterocycles. The maximum atomic E-state index is 13.0. The van der Waals surface area contributed by atoms with Gasteiger partial charge in [-0.1, -0.05) is 11.6 Å². The smallest absolute Gasteiger partial charge is 0.266 e. The minimum Gasteiger partial charge on any atom is -0.266 e. The first-order valence-corrected chi connectivity index (χ1v) is 5.72. The largest absolute Gasteiger partial charge is 0.332 e. The maximum Gasteiger partial charge on any atom is 0.332 e. The summed E-state index contributed by atoms with van der Waals surface area (Å²) in [7, 11) is 1.16. The van der Waals surface area contributed by atoms with Crippen molar-refractivity contribution in [2.75, 3.05) is 0 Å². The molecular weight excluding hydrogens is 296 g/mol. The predicted octanol–water partition coefficient (Wildman–Crippen LogP) is 2.81. The fourth-order valence-corrected chi connectivity index (χ4v) is 2.14. The zero-order valence-electron chi connectivity index (χ0n) is 10.1. The van der Waals surface area contributed by atoms with Gasteiger partial charge >= 0.3 is 6.55 Å². The lowest BCUT2D eigenvalue weighted by Crippen LogP contribution is -2.20. The summed E-state index contributed by atoms with van der Waals surface area (Å²) >= 11 is 5.78. The molecule has 0 amide bonds. The Morgan fingerprint density at radius 2 is 1.85 bits per heavy atom. The van der Waals surface area contributed by atoms with Gasteiger partial charge in [0.25, 0.3) is 11.2 Å². The maximum absolute atomic E-state index is 13.0. The van der Waals surface area contributed by atoms with Crippen LogP contribution in [0.25, 0.3) is 11.3 Å². The quantitative estimate of drug-likeness (QED) is 0.646. The molecule has 2 aromatic rings. The number of nitro groups is 1. The Bertz CT molecular complexity index is 722. The number of rotatable bonds is 3. The zero-order valence-corrected chi connectivity index (χ0v) is 10.8. The van der Waals surface area contributed by atoms with Gasteiger partial charge in [0.15, 0.2) is 0 Å². The fraction of sp³-hybridized carbons (Fsp3) is 0.182.